The maximum absolute atomic E-state index is 12.4. The first-order chi connectivity index (χ1) is 15.9. The van der Waals surface area contributed by atoms with Crippen molar-refractivity contribution in [1.82, 2.24) is 5.32 Å². The van der Waals surface area contributed by atoms with Crippen LogP contribution in [0, 0.1) is 21.4 Å². The predicted octanol–water partition coefficient (Wildman–Crippen LogP) is 5.70. The highest BCUT2D eigenvalue weighted by atomic mass is 35.5. The minimum Gasteiger partial charge on any atom is -0.486 e. The first kappa shape index (κ1) is 23.8. The van der Waals surface area contributed by atoms with Gasteiger partial charge in [0, 0.05) is 18.7 Å². The molecule has 0 radical (unpaired) electrons. The molecule has 0 heterocycles. The summed E-state index contributed by atoms with van der Waals surface area (Å²) < 4.78 is 5.66. The molecule has 166 valence electrons. The minimum absolute atomic E-state index is 0.0155. The van der Waals surface area contributed by atoms with Gasteiger partial charge in [-0.25, -0.2) is 0 Å². The lowest BCUT2D eigenvalue weighted by Gasteiger charge is -2.11. The number of ether oxygens (including phenoxy) is 1. The predicted molar refractivity (Wildman–Crippen MR) is 126 cm³/mol. The fourth-order valence-electron chi connectivity index (χ4n) is 2.90. The highest BCUT2D eigenvalue weighted by Crippen LogP contribution is 2.35. The maximum atomic E-state index is 12.4. The molecule has 0 saturated carbocycles. The van der Waals surface area contributed by atoms with Crippen molar-refractivity contribution >= 4 is 40.9 Å². The summed E-state index contributed by atoms with van der Waals surface area (Å²) in [7, 11) is 0. The van der Waals surface area contributed by atoms with Crippen molar-refractivity contribution in [2.75, 3.05) is 0 Å². The number of carbonyl (C=O) groups is 1. The summed E-state index contributed by atoms with van der Waals surface area (Å²) in [4.78, 5) is 22.8. The highest BCUT2D eigenvalue weighted by Gasteiger charge is 2.14. The van der Waals surface area contributed by atoms with E-state index >= 15 is 0 Å². The molecule has 0 saturated heterocycles. The fraction of sp³-hybridized carbons (Fsp3) is 0.0833. The Kier molecular flexibility index (Phi) is 8.03. The highest BCUT2D eigenvalue weighted by molar-refractivity contribution is 6.37. The summed E-state index contributed by atoms with van der Waals surface area (Å²) in [6, 6.07) is 20.2. The lowest BCUT2D eigenvalue weighted by molar-refractivity contribution is -0.384. The second kappa shape index (κ2) is 11.1. The number of nitro groups is 1. The lowest BCUT2D eigenvalue weighted by atomic mass is 10.1. The van der Waals surface area contributed by atoms with Gasteiger partial charge in [-0.2, -0.15) is 5.26 Å². The van der Waals surface area contributed by atoms with Crippen molar-refractivity contribution in [2.24, 2.45) is 0 Å². The van der Waals surface area contributed by atoms with E-state index in [1.54, 1.807) is 12.1 Å². The Bertz CT molecular complexity index is 1230. The molecule has 9 heteroatoms. The summed E-state index contributed by atoms with van der Waals surface area (Å²) in [6.07, 6.45) is 1.38. The molecule has 1 N–H and O–H groups in total. The van der Waals surface area contributed by atoms with Gasteiger partial charge in [-0.3, -0.25) is 14.9 Å². The molecule has 1 amide bonds. The maximum Gasteiger partial charge on any atom is 0.269 e. The number of non-ortho nitro benzene ring substituents is 1. The molecule has 0 bridgehead atoms. The van der Waals surface area contributed by atoms with Crippen LogP contribution in [-0.4, -0.2) is 10.8 Å². The summed E-state index contributed by atoms with van der Waals surface area (Å²) in [5.41, 5.74) is 1.76. The van der Waals surface area contributed by atoms with Crippen LogP contribution in [0.1, 0.15) is 16.7 Å². The molecule has 0 atom stereocenters. The van der Waals surface area contributed by atoms with Gasteiger partial charge in [-0.15, -0.1) is 0 Å². The Hall–Kier alpha value is -3.86. The average molecular weight is 482 g/mol. The Balaban J connectivity index is 1.72. The van der Waals surface area contributed by atoms with E-state index in [1.165, 1.54) is 30.3 Å². The molecule has 33 heavy (non-hydrogen) atoms. The number of amides is 1. The van der Waals surface area contributed by atoms with Crippen LogP contribution < -0.4 is 10.1 Å². The normalized spacial score (nSPS) is 10.9. The Labute approximate surface area is 200 Å². The Morgan fingerprint density at radius 1 is 1.06 bits per heavy atom. The van der Waals surface area contributed by atoms with Crippen LogP contribution in [0.3, 0.4) is 0 Å². The summed E-state index contributed by atoms with van der Waals surface area (Å²) in [5.74, 6) is -0.339. The van der Waals surface area contributed by atoms with Gasteiger partial charge in [-0.1, -0.05) is 65.7 Å². The quantitative estimate of drug-likeness (QED) is 0.192. The molecule has 0 unspecified atom stereocenters. The first-order valence-corrected chi connectivity index (χ1v) is 10.4. The van der Waals surface area contributed by atoms with Gasteiger partial charge in [0.1, 0.15) is 18.2 Å². The summed E-state index contributed by atoms with van der Waals surface area (Å²) in [6.45, 7) is 0.298. The Morgan fingerprint density at radius 3 is 2.36 bits per heavy atom. The number of nitriles is 1. The molecular weight excluding hydrogens is 465 g/mol. The van der Waals surface area contributed by atoms with Gasteiger partial charge in [-0.05, 0) is 34.9 Å². The van der Waals surface area contributed by atoms with E-state index in [-0.39, 0.29) is 40.2 Å². The number of nitrogens with zero attached hydrogens (tertiary/aromatic N) is 2. The largest absolute Gasteiger partial charge is 0.486 e. The summed E-state index contributed by atoms with van der Waals surface area (Å²) in [5, 5.41) is 23.3. The van der Waals surface area contributed by atoms with Gasteiger partial charge in [0.15, 0.2) is 5.75 Å². The smallest absolute Gasteiger partial charge is 0.269 e. The molecule has 0 aliphatic heterocycles. The third kappa shape index (κ3) is 6.56. The molecule has 3 rings (SSSR count). The molecular formula is C24H17Cl2N3O4. The topological polar surface area (TPSA) is 105 Å². The number of nitrogens with one attached hydrogen (secondary N) is 1. The number of nitro benzene ring substituents is 1. The Morgan fingerprint density at radius 2 is 1.73 bits per heavy atom. The molecule has 3 aromatic carbocycles. The molecule has 0 fully saturated rings. The number of hydrogen-bond donors (Lipinski definition) is 1. The van der Waals surface area contributed by atoms with Crippen LogP contribution >= 0.6 is 23.2 Å². The van der Waals surface area contributed by atoms with Crippen LogP contribution in [0.2, 0.25) is 10.0 Å². The zero-order valence-electron chi connectivity index (χ0n) is 17.1. The van der Waals surface area contributed by atoms with Crippen LogP contribution in [-0.2, 0) is 17.9 Å². The van der Waals surface area contributed by atoms with E-state index in [1.807, 2.05) is 36.4 Å². The SMILES string of the molecule is N#C/C(=C/c1cc(Cl)c(OCc2cccc([N+](=O)[O-])c2)c(Cl)c1)C(=O)NCc1ccccc1. The fourth-order valence-corrected chi connectivity index (χ4v) is 3.52. The van der Waals surface area contributed by atoms with E-state index in [2.05, 4.69) is 5.32 Å². The van der Waals surface area contributed by atoms with Crippen LogP contribution in [0.25, 0.3) is 6.08 Å². The van der Waals surface area contributed by atoms with Crippen molar-refractivity contribution in [3.63, 3.8) is 0 Å². The van der Waals surface area contributed by atoms with E-state index in [0.29, 0.717) is 11.1 Å². The standard InChI is InChI=1S/C24H17Cl2N3O4/c25-21-11-18(9-19(13-27)24(30)28-14-16-5-2-1-3-6-16)12-22(26)23(21)33-15-17-7-4-8-20(10-17)29(31)32/h1-12H,14-15H2,(H,28,30)/b19-9-. The van der Waals surface area contributed by atoms with Gasteiger partial charge in [0.05, 0.1) is 15.0 Å². The van der Waals surface area contributed by atoms with Crippen molar-refractivity contribution in [1.29, 1.82) is 5.26 Å². The zero-order valence-corrected chi connectivity index (χ0v) is 18.6. The zero-order chi connectivity index (χ0) is 23.8. The van der Waals surface area contributed by atoms with Gasteiger partial charge in [0.2, 0.25) is 0 Å². The van der Waals surface area contributed by atoms with E-state index < -0.39 is 10.8 Å². The molecule has 7 nitrogen and oxygen atoms in total. The number of hydrogen-bond acceptors (Lipinski definition) is 5. The molecule has 3 aromatic rings. The van der Waals surface area contributed by atoms with Crippen molar-refractivity contribution < 1.29 is 14.5 Å². The number of benzene rings is 3. The van der Waals surface area contributed by atoms with Crippen LogP contribution in [0.5, 0.6) is 5.75 Å². The summed E-state index contributed by atoms with van der Waals surface area (Å²) >= 11 is 12.6. The lowest BCUT2D eigenvalue weighted by Crippen LogP contribution is -2.23. The van der Waals surface area contributed by atoms with E-state index in [0.717, 1.165) is 5.56 Å². The number of rotatable bonds is 8. The second-order valence-corrected chi connectivity index (χ2v) is 7.68. The number of halogens is 2. The van der Waals surface area contributed by atoms with Crippen molar-refractivity contribution in [2.45, 2.75) is 13.2 Å². The molecule has 0 spiro atoms. The minimum atomic E-state index is -0.528. The van der Waals surface area contributed by atoms with Gasteiger partial charge in [0.25, 0.3) is 11.6 Å². The molecule has 0 aliphatic carbocycles. The van der Waals surface area contributed by atoms with Crippen molar-refractivity contribution in [3.05, 3.63) is 109 Å². The first-order valence-electron chi connectivity index (χ1n) is 9.66. The molecule has 0 aliphatic rings. The third-order valence-corrected chi connectivity index (χ3v) is 5.06. The van der Waals surface area contributed by atoms with Gasteiger partial charge >= 0.3 is 0 Å². The monoisotopic (exact) mass is 481 g/mol. The van der Waals surface area contributed by atoms with E-state index in [9.17, 15) is 20.2 Å². The van der Waals surface area contributed by atoms with Crippen LogP contribution in [0.15, 0.2) is 72.3 Å². The van der Waals surface area contributed by atoms with E-state index in [4.69, 9.17) is 27.9 Å². The van der Waals surface area contributed by atoms with Crippen LogP contribution in [0.4, 0.5) is 5.69 Å². The van der Waals surface area contributed by atoms with Gasteiger partial charge < -0.3 is 10.1 Å². The number of carbonyl (C=O) groups excluding carboxylic acids is 1. The third-order valence-electron chi connectivity index (χ3n) is 4.50. The average Bonchev–Trinajstić information content (AvgIpc) is 2.81. The molecule has 0 aromatic heterocycles. The van der Waals surface area contributed by atoms with Crippen molar-refractivity contribution in [3.8, 4) is 11.8 Å². The second-order valence-electron chi connectivity index (χ2n) is 6.87.